The van der Waals surface area contributed by atoms with E-state index in [0.29, 0.717) is 5.41 Å². The van der Waals surface area contributed by atoms with E-state index in [2.05, 4.69) is 30.1 Å². The van der Waals surface area contributed by atoms with Gasteiger partial charge in [-0.3, -0.25) is 4.79 Å². The molecule has 1 N–H and O–H groups in total. The van der Waals surface area contributed by atoms with Gasteiger partial charge in [0, 0.05) is 18.7 Å². The van der Waals surface area contributed by atoms with Crippen molar-refractivity contribution >= 4 is 18.3 Å². The molecule has 2 heterocycles. The summed E-state index contributed by atoms with van der Waals surface area (Å²) in [5.41, 5.74) is 3.60. The Bertz CT molecular complexity index is 524. The van der Waals surface area contributed by atoms with E-state index >= 15 is 0 Å². The Hall–Kier alpha value is -1.06. The molecular formula is C17H25ClN2O. The lowest BCUT2D eigenvalue weighted by molar-refractivity contribution is 0.0761. The number of rotatable bonds is 1. The highest BCUT2D eigenvalue weighted by molar-refractivity contribution is 5.96. The Labute approximate surface area is 133 Å². The minimum Gasteiger partial charge on any atom is -0.338 e. The first-order valence-electron chi connectivity index (χ1n) is 7.68. The van der Waals surface area contributed by atoms with Gasteiger partial charge in [0.15, 0.2) is 0 Å². The SMILES string of the molecule is Cc1cccc(C(=O)N2CCC3(CCNCC3)C2)c1C.Cl. The van der Waals surface area contributed by atoms with Crippen LogP contribution in [0.3, 0.4) is 0 Å². The van der Waals surface area contributed by atoms with Crippen molar-refractivity contribution in [2.45, 2.75) is 33.1 Å². The van der Waals surface area contributed by atoms with Gasteiger partial charge in [0.25, 0.3) is 5.91 Å². The standard InChI is InChI=1S/C17H24N2O.ClH/c1-13-4-3-5-15(14(13)2)16(20)19-11-8-17(12-19)6-9-18-10-7-17;/h3-5,18H,6-12H2,1-2H3;1H. The fourth-order valence-corrected chi connectivity index (χ4v) is 3.63. The molecule has 1 amide bonds. The van der Waals surface area contributed by atoms with Crippen LogP contribution in [0.15, 0.2) is 18.2 Å². The lowest BCUT2D eigenvalue weighted by atomic mass is 9.78. The number of carbonyl (C=O) groups is 1. The second kappa shape index (κ2) is 6.37. The monoisotopic (exact) mass is 308 g/mol. The molecule has 2 fully saturated rings. The number of nitrogens with one attached hydrogen (secondary N) is 1. The van der Waals surface area contributed by atoms with Crippen LogP contribution < -0.4 is 5.32 Å². The van der Waals surface area contributed by atoms with E-state index in [0.717, 1.165) is 37.3 Å². The van der Waals surface area contributed by atoms with Crippen molar-refractivity contribution in [3.63, 3.8) is 0 Å². The number of likely N-dealkylation sites (tertiary alicyclic amines) is 1. The molecule has 1 aromatic rings. The number of hydrogen-bond acceptors (Lipinski definition) is 2. The van der Waals surface area contributed by atoms with Crippen LogP contribution in [0.2, 0.25) is 0 Å². The molecule has 0 radical (unpaired) electrons. The van der Waals surface area contributed by atoms with Gasteiger partial charge in [0.05, 0.1) is 0 Å². The molecule has 2 saturated heterocycles. The van der Waals surface area contributed by atoms with Gasteiger partial charge >= 0.3 is 0 Å². The number of aryl methyl sites for hydroxylation is 1. The van der Waals surface area contributed by atoms with Gasteiger partial charge in [0.1, 0.15) is 0 Å². The lowest BCUT2D eigenvalue weighted by Gasteiger charge is -2.33. The van der Waals surface area contributed by atoms with Gasteiger partial charge in [-0.25, -0.2) is 0 Å². The average molecular weight is 309 g/mol. The summed E-state index contributed by atoms with van der Waals surface area (Å²) in [7, 11) is 0. The maximum absolute atomic E-state index is 12.8. The summed E-state index contributed by atoms with van der Waals surface area (Å²) in [6.45, 7) is 8.20. The molecule has 0 aliphatic carbocycles. The van der Waals surface area contributed by atoms with Crippen LogP contribution in [-0.4, -0.2) is 37.0 Å². The topological polar surface area (TPSA) is 32.3 Å². The van der Waals surface area contributed by atoms with Gasteiger partial charge in [-0.2, -0.15) is 0 Å². The van der Waals surface area contributed by atoms with E-state index in [1.54, 1.807) is 0 Å². The van der Waals surface area contributed by atoms with Crippen molar-refractivity contribution < 1.29 is 4.79 Å². The van der Waals surface area contributed by atoms with Crippen LogP contribution in [0.5, 0.6) is 0 Å². The molecule has 2 aliphatic heterocycles. The lowest BCUT2D eigenvalue weighted by Crippen LogP contribution is -2.39. The first-order chi connectivity index (χ1) is 9.61. The van der Waals surface area contributed by atoms with E-state index in [9.17, 15) is 4.79 Å². The Morgan fingerprint density at radius 1 is 1.19 bits per heavy atom. The Morgan fingerprint density at radius 2 is 1.90 bits per heavy atom. The number of halogens is 1. The van der Waals surface area contributed by atoms with Gasteiger partial charge in [-0.1, -0.05) is 12.1 Å². The fraction of sp³-hybridized carbons (Fsp3) is 0.588. The molecule has 1 aromatic carbocycles. The highest BCUT2D eigenvalue weighted by atomic mass is 35.5. The number of carbonyl (C=O) groups excluding carboxylic acids is 1. The first kappa shape index (κ1) is 16.3. The van der Waals surface area contributed by atoms with Crippen LogP contribution in [0.1, 0.15) is 40.7 Å². The van der Waals surface area contributed by atoms with Crippen molar-refractivity contribution in [1.82, 2.24) is 10.2 Å². The largest absolute Gasteiger partial charge is 0.338 e. The first-order valence-corrected chi connectivity index (χ1v) is 7.68. The zero-order valence-electron chi connectivity index (χ0n) is 12.9. The van der Waals surface area contributed by atoms with Crippen LogP contribution in [-0.2, 0) is 0 Å². The second-order valence-electron chi connectivity index (χ2n) is 6.47. The molecule has 2 aliphatic rings. The van der Waals surface area contributed by atoms with Crippen molar-refractivity contribution in [2.75, 3.05) is 26.2 Å². The Balaban J connectivity index is 0.00000161. The number of hydrogen-bond donors (Lipinski definition) is 1. The highest BCUT2D eigenvalue weighted by Gasteiger charge is 2.40. The predicted octanol–water partition coefficient (Wildman–Crippen LogP) is 2.94. The molecule has 1 spiro atoms. The van der Waals surface area contributed by atoms with Crippen molar-refractivity contribution in [3.05, 3.63) is 34.9 Å². The maximum atomic E-state index is 12.8. The average Bonchev–Trinajstić information content (AvgIpc) is 2.86. The molecule has 3 nitrogen and oxygen atoms in total. The van der Waals surface area contributed by atoms with Gasteiger partial charge in [0.2, 0.25) is 0 Å². The van der Waals surface area contributed by atoms with Gasteiger partial charge in [-0.05, 0) is 68.8 Å². The molecule has 0 bridgehead atoms. The van der Waals surface area contributed by atoms with Crippen LogP contribution in [0.4, 0.5) is 0 Å². The fourth-order valence-electron chi connectivity index (χ4n) is 3.63. The van der Waals surface area contributed by atoms with Gasteiger partial charge < -0.3 is 10.2 Å². The molecule has 0 unspecified atom stereocenters. The summed E-state index contributed by atoms with van der Waals surface area (Å²) in [4.78, 5) is 14.8. The molecule has 116 valence electrons. The zero-order valence-corrected chi connectivity index (χ0v) is 13.8. The van der Waals surface area contributed by atoms with E-state index in [1.807, 2.05) is 12.1 Å². The quantitative estimate of drug-likeness (QED) is 0.865. The van der Waals surface area contributed by atoms with Crippen molar-refractivity contribution in [3.8, 4) is 0 Å². The van der Waals surface area contributed by atoms with E-state index in [-0.39, 0.29) is 18.3 Å². The minimum atomic E-state index is 0. The third-order valence-electron chi connectivity index (χ3n) is 5.22. The number of piperidine rings is 1. The van der Waals surface area contributed by atoms with Crippen molar-refractivity contribution in [1.29, 1.82) is 0 Å². The summed E-state index contributed by atoms with van der Waals surface area (Å²) >= 11 is 0. The molecule has 0 atom stereocenters. The molecule has 4 heteroatoms. The third kappa shape index (κ3) is 3.09. The second-order valence-corrected chi connectivity index (χ2v) is 6.47. The Kier molecular flexibility index (Phi) is 4.95. The minimum absolute atomic E-state index is 0. The summed E-state index contributed by atoms with van der Waals surface area (Å²) in [6.07, 6.45) is 3.60. The van der Waals surface area contributed by atoms with Gasteiger partial charge in [-0.15, -0.1) is 12.4 Å². The molecule has 3 rings (SSSR count). The Morgan fingerprint density at radius 3 is 2.62 bits per heavy atom. The smallest absolute Gasteiger partial charge is 0.254 e. The summed E-state index contributed by atoms with van der Waals surface area (Å²) < 4.78 is 0. The normalized spacial score (nSPS) is 20.4. The van der Waals surface area contributed by atoms with E-state index in [1.165, 1.54) is 24.8 Å². The zero-order chi connectivity index (χ0) is 14.2. The summed E-state index contributed by atoms with van der Waals surface area (Å²) in [5.74, 6) is 0.224. The highest BCUT2D eigenvalue weighted by Crippen LogP contribution is 2.39. The van der Waals surface area contributed by atoms with Crippen LogP contribution >= 0.6 is 12.4 Å². The van der Waals surface area contributed by atoms with Crippen molar-refractivity contribution in [2.24, 2.45) is 5.41 Å². The predicted molar refractivity (Wildman–Crippen MR) is 88.2 cm³/mol. The van der Waals surface area contributed by atoms with Crippen LogP contribution in [0.25, 0.3) is 0 Å². The molecule has 0 saturated carbocycles. The number of benzene rings is 1. The third-order valence-corrected chi connectivity index (χ3v) is 5.22. The maximum Gasteiger partial charge on any atom is 0.254 e. The van der Waals surface area contributed by atoms with Crippen LogP contribution in [0, 0.1) is 19.3 Å². The number of nitrogens with zero attached hydrogens (tertiary/aromatic N) is 1. The number of amides is 1. The molecular weight excluding hydrogens is 284 g/mol. The van der Waals surface area contributed by atoms with E-state index in [4.69, 9.17) is 0 Å². The summed E-state index contributed by atoms with van der Waals surface area (Å²) in [5, 5.41) is 3.42. The molecule has 0 aromatic heterocycles. The molecule has 21 heavy (non-hydrogen) atoms. The van der Waals surface area contributed by atoms with E-state index < -0.39 is 0 Å². The summed E-state index contributed by atoms with van der Waals surface area (Å²) in [6, 6.07) is 6.04.